The van der Waals surface area contributed by atoms with Crippen LogP contribution < -0.4 is 10.5 Å². The largest absolute Gasteiger partial charge is 0.472 e. The van der Waals surface area contributed by atoms with Gasteiger partial charge in [-0.1, -0.05) is 34.1 Å². The highest BCUT2D eigenvalue weighted by atomic mass is 79.9. The lowest BCUT2D eigenvalue weighted by Crippen LogP contribution is -2.05. The van der Waals surface area contributed by atoms with E-state index >= 15 is 0 Å². The third-order valence-electron chi connectivity index (χ3n) is 2.57. The highest BCUT2D eigenvalue weighted by Crippen LogP contribution is 2.22. The van der Waals surface area contributed by atoms with Crippen LogP contribution in [0.2, 0.25) is 0 Å². The van der Waals surface area contributed by atoms with Crippen LogP contribution in [-0.2, 0) is 6.61 Å². The van der Waals surface area contributed by atoms with Gasteiger partial charge in [-0.2, -0.15) is 4.98 Å². The minimum atomic E-state index is 0.443. The van der Waals surface area contributed by atoms with Gasteiger partial charge in [-0.15, -0.1) is 0 Å². The van der Waals surface area contributed by atoms with Crippen LogP contribution in [0.1, 0.15) is 17.0 Å². The highest BCUT2D eigenvalue weighted by molar-refractivity contribution is 9.10. The number of nitrogen functional groups attached to an aromatic ring is 1. The number of aryl methyl sites for hydroxylation is 1. The van der Waals surface area contributed by atoms with E-state index in [1.54, 1.807) is 6.92 Å². The molecular formula is C13H14BrN3O. The van der Waals surface area contributed by atoms with Gasteiger partial charge < -0.3 is 10.5 Å². The van der Waals surface area contributed by atoms with Crippen LogP contribution in [0.4, 0.5) is 5.82 Å². The maximum atomic E-state index is 5.78. The van der Waals surface area contributed by atoms with E-state index in [0.29, 0.717) is 24.1 Å². The molecule has 0 aliphatic rings. The van der Waals surface area contributed by atoms with Gasteiger partial charge in [0.15, 0.2) is 0 Å². The number of nitrogens with zero attached hydrogens (tertiary/aromatic N) is 2. The molecule has 0 saturated carbocycles. The van der Waals surface area contributed by atoms with Crippen molar-refractivity contribution in [3.63, 3.8) is 0 Å². The van der Waals surface area contributed by atoms with Gasteiger partial charge in [-0.05, 0) is 19.9 Å². The summed E-state index contributed by atoms with van der Waals surface area (Å²) in [5.74, 6) is 1.61. The molecule has 0 atom stereocenters. The van der Waals surface area contributed by atoms with E-state index in [-0.39, 0.29) is 0 Å². The molecule has 5 heteroatoms. The van der Waals surface area contributed by atoms with Gasteiger partial charge in [-0.3, -0.25) is 0 Å². The fraction of sp³-hybridized carbons (Fsp3) is 0.231. The third-order valence-corrected chi connectivity index (χ3v) is 3.35. The maximum Gasteiger partial charge on any atom is 0.222 e. The monoisotopic (exact) mass is 307 g/mol. The van der Waals surface area contributed by atoms with Crippen LogP contribution in [0.25, 0.3) is 0 Å². The molecule has 0 bridgehead atoms. The molecule has 1 heterocycles. The first kappa shape index (κ1) is 12.8. The lowest BCUT2D eigenvalue weighted by molar-refractivity contribution is 0.290. The van der Waals surface area contributed by atoms with Crippen molar-refractivity contribution in [2.75, 3.05) is 5.73 Å². The number of anilines is 1. The van der Waals surface area contributed by atoms with Gasteiger partial charge >= 0.3 is 0 Å². The van der Waals surface area contributed by atoms with Crippen LogP contribution in [0.3, 0.4) is 0 Å². The average molecular weight is 308 g/mol. The number of nitrogens with two attached hydrogens (primary N) is 1. The van der Waals surface area contributed by atoms with Crippen molar-refractivity contribution in [2.45, 2.75) is 20.5 Å². The van der Waals surface area contributed by atoms with E-state index in [1.165, 1.54) is 0 Å². The SMILES string of the molecule is Cc1nc(N)c(C)c(OCc2ccccc2Br)n1. The average Bonchev–Trinajstić information content (AvgIpc) is 2.33. The summed E-state index contributed by atoms with van der Waals surface area (Å²) in [7, 11) is 0. The minimum absolute atomic E-state index is 0.443. The van der Waals surface area contributed by atoms with Crippen molar-refractivity contribution in [2.24, 2.45) is 0 Å². The van der Waals surface area contributed by atoms with Gasteiger partial charge in [-0.25, -0.2) is 4.98 Å². The van der Waals surface area contributed by atoms with Gasteiger partial charge in [0.25, 0.3) is 0 Å². The molecule has 0 aliphatic carbocycles. The number of halogens is 1. The summed E-state index contributed by atoms with van der Waals surface area (Å²) >= 11 is 3.48. The lowest BCUT2D eigenvalue weighted by Gasteiger charge is -2.11. The van der Waals surface area contributed by atoms with E-state index in [1.807, 2.05) is 31.2 Å². The molecule has 0 unspecified atom stereocenters. The Kier molecular flexibility index (Phi) is 3.81. The van der Waals surface area contributed by atoms with E-state index in [0.717, 1.165) is 15.6 Å². The first-order valence-electron chi connectivity index (χ1n) is 5.55. The van der Waals surface area contributed by atoms with Gasteiger partial charge in [0.05, 0.1) is 5.56 Å². The lowest BCUT2D eigenvalue weighted by atomic mass is 10.2. The maximum absolute atomic E-state index is 5.78. The zero-order chi connectivity index (χ0) is 13.1. The number of aromatic nitrogens is 2. The van der Waals surface area contributed by atoms with Crippen molar-refractivity contribution >= 4 is 21.7 Å². The quantitative estimate of drug-likeness (QED) is 0.947. The normalized spacial score (nSPS) is 10.4. The van der Waals surface area contributed by atoms with E-state index in [4.69, 9.17) is 10.5 Å². The zero-order valence-corrected chi connectivity index (χ0v) is 11.9. The van der Waals surface area contributed by atoms with Crippen molar-refractivity contribution in [3.8, 4) is 5.88 Å². The van der Waals surface area contributed by atoms with Crippen LogP contribution in [0.5, 0.6) is 5.88 Å². The van der Waals surface area contributed by atoms with Crippen LogP contribution >= 0.6 is 15.9 Å². The predicted molar refractivity (Wildman–Crippen MR) is 74.4 cm³/mol. The fourth-order valence-corrected chi connectivity index (χ4v) is 1.92. The van der Waals surface area contributed by atoms with Crippen molar-refractivity contribution in [3.05, 3.63) is 45.7 Å². The second kappa shape index (κ2) is 5.35. The Hall–Kier alpha value is -1.62. The summed E-state index contributed by atoms with van der Waals surface area (Å²) in [6.45, 7) is 4.09. The van der Waals surface area contributed by atoms with Crippen LogP contribution in [-0.4, -0.2) is 9.97 Å². The summed E-state index contributed by atoms with van der Waals surface area (Å²) in [5.41, 5.74) is 7.61. The summed E-state index contributed by atoms with van der Waals surface area (Å²) in [6, 6.07) is 7.91. The van der Waals surface area contributed by atoms with Gasteiger partial charge in [0, 0.05) is 10.0 Å². The molecule has 2 rings (SSSR count). The van der Waals surface area contributed by atoms with Crippen molar-refractivity contribution in [1.29, 1.82) is 0 Å². The molecule has 0 spiro atoms. The Labute approximate surface area is 114 Å². The van der Waals surface area contributed by atoms with Gasteiger partial charge in [0.2, 0.25) is 5.88 Å². The second-order valence-corrected chi connectivity index (χ2v) is 4.82. The summed E-state index contributed by atoms with van der Waals surface area (Å²) in [4.78, 5) is 8.33. The number of benzene rings is 1. The molecule has 2 N–H and O–H groups in total. The van der Waals surface area contributed by atoms with Crippen LogP contribution in [0, 0.1) is 13.8 Å². The minimum Gasteiger partial charge on any atom is -0.472 e. The molecule has 2 aromatic rings. The molecular weight excluding hydrogens is 294 g/mol. The molecule has 1 aromatic carbocycles. The predicted octanol–water partition coefficient (Wildman–Crippen LogP) is 3.02. The van der Waals surface area contributed by atoms with Crippen LogP contribution in [0.15, 0.2) is 28.7 Å². The number of hydrogen-bond acceptors (Lipinski definition) is 4. The Morgan fingerprint density at radius 3 is 2.67 bits per heavy atom. The first-order chi connectivity index (χ1) is 8.58. The molecule has 0 aliphatic heterocycles. The first-order valence-corrected chi connectivity index (χ1v) is 6.34. The molecule has 0 radical (unpaired) electrons. The number of ether oxygens (including phenoxy) is 1. The number of hydrogen-bond donors (Lipinski definition) is 1. The Morgan fingerprint density at radius 1 is 1.22 bits per heavy atom. The fourth-order valence-electron chi connectivity index (χ4n) is 1.53. The molecule has 0 amide bonds. The molecule has 94 valence electrons. The molecule has 4 nitrogen and oxygen atoms in total. The van der Waals surface area contributed by atoms with E-state index in [2.05, 4.69) is 25.9 Å². The smallest absolute Gasteiger partial charge is 0.222 e. The third kappa shape index (κ3) is 2.79. The second-order valence-electron chi connectivity index (χ2n) is 3.97. The molecule has 0 saturated heterocycles. The summed E-state index contributed by atoms with van der Waals surface area (Å²) in [5, 5.41) is 0. The van der Waals surface area contributed by atoms with E-state index in [9.17, 15) is 0 Å². The standard InChI is InChI=1S/C13H14BrN3O/c1-8-12(15)16-9(2)17-13(8)18-7-10-5-3-4-6-11(10)14/h3-6H,7H2,1-2H3,(H2,15,16,17). The Balaban J connectivity index is 2.18. The van der Waals surface area contributed by atoms with Crippen molar-refractivity contribution < 1.29 is 4.74 Å². The van der Waals surface area contributed by atoms with E-state index < -0.39 is 0 Å². The number of rotatable bonds is 3. The molecule has 18 heavy (non-hydrogen) atoms. The summed E-state index contributed by atoms with van der Waals surface area (Å²) < 4.78 is 6.72. The summed E-state index contributed by atoms with van der Waals surface area (Å²) in [6.07, 6.45) is 0. The van der Waals surface area contributed by atoms with Gasteiger partial charge in [0.1, 0.15) is 18.2 Å². The topological polar surface area (TPSA) is 61.0 Å². The molecule has 0 fully saturated rings. The zero-order valence-electron chi connectivity index (χ0n) is 10.3. The highest BCUT2D eigenvalue weighted by Gasteiger charge is 2.08. The Morgan fingerprint density at radius 2 is 1.94 bits per heavy atom. The van der Waals surface area contributed by atoms with Crippen molar-refractivity contribution in [1.82, 2.24) is 9.97 Å². The Bertz CT molecular complexity index is 572. The molecule has 1 aromatic heterocycles.